The molecule has 1 aliphatic carbocycles. The number of hydrogen-bond donors (Lipinski definition) is 2. The van der Waals surface area contributed by atoms with Gasteiger partial charge in [-0.05, 0) is 43.5 Å². The lowest BCUT2D eigenvalue weighted by Crippen LogP contribution is -2.54. The number of nitrogens with one attached hydrogen (secondary N) is 1. The molecular formula is C16H17NO4. The van der Waals surface area contributed by atoms with Crippen molar-refractivity contribution < 1.29 is 19.4 Å². The van der Waals surface area contributed by atoms with Crippen molar-refractivity contribution in [1.82, 2.24) is 5.32 Å². The maximum Gasteiger partial charge on any atom is 0.305 e. The average Bonchev–Trinajstić information content (AvgIpc) is 2.42. The maximum atomic E-state index is 12.2. The largest absolute Gasteiger partial charge is 0.481 e. The van der Waals surface area contributed by atoms with Crippen LogP contribution in [0.5, 0.6) is 5.75 Å². The second kappa shape index (κ2) is 6.31. The van der Waals surface area contributed by atoms with E-state index in [0.29, 0.717) is 24.2 Å². The summed E-state index contributed by atoms with van der Waals surface area (Å²) in [5, 5.41) is 11.8. The van der Waals surface area contributed by atoms with Crippen LogP contribution in [0.25, 0.3) is 0 Å². The summed E-state index contributed by atoms with van der Waals surface area (Å²) in [4.78, 5) is 23.1. The van der Waals surface area contributed by atoms with Crippen LogP contribution in [0.4, 0.5) is 0 Å². The molecule has 0 spiro atoms. The first-order valence-corrected chi connectivity index (χ1v) is 6.75. The van der Waals surface area contributed by atoms with E-state index in [-0.39, 0.29) is 18.9 Å². The van der Waals surface area contributed by atoms with Gasteiger partial charge < -0.3 is 15.2 Å². The molecule has 2 N–H and O–H groups in total. The zero-order valence-corrected chi connectivity index (χ0v) is 11.6. The molecule has 0 heterocycles. The summed E-state index contributed by atoms with van der Waals surface area (Å²) in [5.74, 6) is 1.79. The van der Waals surface area contributed by atoms with Gasteiger partial charge in [0.2, 0.25) is 0 Å². The van der Waals surface area contributed by atoms with Gasteiger partial charge in [0.25, 0.3) is 5.91 Å². The molecule has 1 aliphatic rings. The molecule has 1 fully saturated rings. The van der Waals surface area contributed by atoms with Gasteiger partial charge in [-0.25, -0.2) is 0 Å². The molecule has 0 saturated heterocycles. The molecule has 0 aromatic heterocycles. The maximum absolute atomic E-state index is 12.2. The molecule has 21 heavy (non-hydrogen) atoms. The fraction of sp³-hybridized carbons (Fsp3) is 0.375. The van der Waals surface area contributed by atoms with Crippen LogP contribution in [0.15, 0.2) is 24.3 Å². The highest BCUT2D eigenvalue weighted by Gasteiger charge is 2.40. The molecule has 1 amide bonds. The standard InChI is InChI=1S/C16H17NO4/c1-2-10-21-13-6-4-12(5-7-13)15(20)17-16(8-3-9-16)11-14(18)19/h1,4-7H,3,8-11H2,(H,17,20)(H,18,19). The van der Waals surface area contributed by atoms with Crippen LogP contribution in [0.2, 0.25) is 0 Å². The van der Waals surface area contributed by atoms with Gasteiger partial charge in [-0.15, -0.1) is 6.42 Å². The fourth-order valence-electron chi connectivity index (χ4n) is 2.38. The zero-order chi connectivity index (χ0) is 15.3. The van der Waals surface area contributed by atoms with Crippen molar-refractivity contribution in [3.8, 4) is 18.1 Å². The van der Waals surface area contributed by atoms with Gasteiger partial charge in [0.15, 0.2) is 0 Å². The minimum absolute atomic E-state index is 0.0396. The molecule has 2 rings (SSSR count). The second-order valence-electron chi connectivity index (χ2n) is 5.18. The number of aliphatic carboxylic acids is 1. The number of carbonyl (C=O) groups is 2. The van der Waals surface area contributed by atoms with E-state index in [1.165, 1.54) is 0 Å². The van der Waals surface area contributed by atoms with Gasteiger partial charge in [0.05, 0.1) is 12.0 Å². The number of carboxylic acid groups (broad SMARTS) is 1. The summed E-state index contributed by atoms with van der Waals surface area (Å²) in [6, 6.07) is 6.59. The number of rotatable bonds is 6. The van der Waals surface area contributed by atoms with Gasteiger partial charge >= 0.3 is 5.97 Å². The van der Waals surface area contributed by atoms with Gasteiger partial charge in [-0.2, -0.15) is 0 Å². The lowest BCUT2D eigenvalue weighted by Gasteiger charge is -2.41. The van der Waals surface area contributed by atoms with Crippen molar-refractivity contribution in [2.75, 3.05) is 6.61 Å². The first-order valence-electron chi connectivity index (χ1n) is 6.75. The molecule has 1 aromatic rings. The summed E-state index contributed by atoms with van der Waals surface area (Å²) >= 11 is 0. The number of ether oxygens (including phenoxy) is 1. The zero-order valence-electron chi connectivity index (χ0n) is 11.6. The number of benzene rings is 1. The summed E-state index contributed by atoms with van der Waals surface area (Å²) in [6.07, 6.45) is 7.40. The Balaban J connectivity index is 1.99. The predicted octanol–water partition coefficient (Wildman–Crippen LogP) is 1.83. The molecular weight excluding hydrogens is 270 g/mol. The molecule has 0 unspecified atom stereocenters. The molecule has 0 aliphatic heterocycles. The smallest absolute Gasteiger partial charge is 0.305 e. The Hall–Kier alpha value is -2.48. The van der Waals surface area contributed by atoms with Crippen LogP contribution in [0.3, 0.4) is 0 Å². The van der Waals surface area contributed by atoms with E-state index in [0.717, 1.165) is 6.42 Å². The minimum atomic E-state index is -0.895. The van der Waals surface area contributed by atoms with Crippen LogP contribution >= 0.6 is 0 Å². The third-order valence-electron chi connectivity index (χ3n) is 3.62. The summed E-state index contributed by atoms with van der Waals surface area (Å²) in [6.45, 7) is 0.174. The molecule has 5 nitrogen and oxygen atoms in total. The molecule has 1 aromatic carbocycles. The Labute approximate surface area is 123 Å². The van der Waals surface area contributed by atoms with Gasteiger partial charge in [-0.3, -0.25) is 9.59 Å². The van der Waals surface area contributed by atoms with E-state index in [1.54, 1.807) is 24.3 Å². The van der Waals surface area contributed by atoms with Crippen LogP contribution in [0, 0.1) is 12.3 Å². The minimum Gasteiger partial charge on any atom is -0.481 e. The highest BCUT2D eigenvalue weighted by Crippen LogP contribution is 2.35. The molecule has 0 atom stereocenters. The molecule has 0 radical (unpaired) electrons. The van der Waals surface area contributed by atoms with Crippen molar-refractivity contribution in [2.24, 2.45) is 0 Å². The average molecular weight is 287 g/mol. The number of carbonyl (C=O) groups excluding carboxylic acids is 1. The highest BCUT2D eigenvalue weighted by atomic mass is 16.5. The predicted molar refractivity (Wildman–Crippen MR) is 77.1 cm³/mol. The number of hydrogen-bond acceptors (Lipinski definition) is 3. The molecule has 110 valence electrons. The lowest BCUT2D eigenvalue weighted by atomic mass is 9.74. The summed E-state index contributed by atoms with van der Waals surface area (Å²) < 4.78 is 5.23. The van der Waals surface area contributed by atoms with Crippen LogP contribution in [-0.2, 0) is 4.79 Å². The summed E-state index contributed by atoms with van der Waals surface area (Å²) in [5.41, 5.74) is -0.124. The number of terminal acetylenes is 1. The van der Waals surface area contributed by atoms with Gasteiger partial charge in [0, 0.05) is 5.56 Å². The molecule has 0 bridgehead atoms. The first-order chi connectivity index (χ1) is 10.0. The van der Waals surface area contributed by atoms with E-state index in [1.807, 2.05) is 0 Å². The first kappa shape index (κ1) is 14.9. The van der Waals surface area contributed by atoms with E-state index >= 15 is 0 Å². The second-order valence-corrected chi connectivity index (χ2v) is 5.18. The van der Waals surface area contributed by atoms with Crippen LogP contribution in [0.1, 0.15) is 36.0 Å². The van der Waals surface area contributed by atoms with Crippen molar-refractivity contribution >= 4 is 11.9 Å². The van der Waals surface area contributed by atoms with Crippen LogP contribution < -0.4 is 10.1 Å². The van der Waals surface area contributed by atoms with Gasteiger partial charge in [0.1, 0.15) is 12.4 Å². The molecule has 5 heteroatoms. The van der Waals surface area contributed by atoms with E-state index < -0.39 is 11.5 Å². The third kappa shape index (κ3) is 3.76. The Kier molecular flexibility index (Phi) is 4.49. The normalized spacial score (nSPS) is 15.4. The lowest BCUT2D eigenvalue weighted by molar-refractivity contribution is -0.139. The van der Waals surface area contributed by atoms with Crippen LogP contribution in [-0.4, -0.2) is 29.1 Å². The quantitative estimate of drug-likeness (QED) is 0.783. The number of amides is 1. The fourth-order valence-corrected chi connectivity index (χ4v) is 2.38. The van der Waals surface area contributed by atoms with E-state index in [2.05, 4.69) is 11.2 Å². The number of carboxylic acids is 1. The Bertz CT molecular complexity index is 567. The molecule has 1 saturated carbocycles. The Morgan fingerprint density at radius 1 is 1.33 bits per heavy atom. The van der Waals surface area contributed by atoms with Crippen molar-refractivity contribution in [2.45, 2.75) is 31.2 Å². The van der Waals surface area contributed by atoms with Crippen molar-refractivity contribution in [3.05, 3.63) is 29.8 Å². The Morgan fingerprint density at radius 2 is 2.00 bits per heavy atom. The summed E-state index contributed by atoms with van der Waals surface area (Å²) in [7, 11) is 0. The highest BCUT2D eigenvalue weighted by molar-refractivity contribution is 5.95. The topological polar surface area (TPSA) is 75.6 Å². The SMILES string of the molecule is C#CCOc1ccc(C(=O)NC2(CC(=O)O)CCC2)cc1. The van der Waals surface area contributed by atoms with Crippen molar-refractivity contribution in [1.29, 1.82) is 0 Å². The Morgan fingerprint density at radius 3 is 2.48 bits per heavy atom. The van der Waals surface area contributed by atoms with E-state index in [4.69, 9.17) is 16.3 Å². The van der Waals surface area contributed by atoms with Gasteiger partial charge in [-0.1, -0.05) is 5.92 Å². The third-order valence-corrected chi connectivity index (χ3v) is 3.62. The van der Waals surface area contributed by atoms with Crippen molar-refractivity contribution in [3.63, 3.8) is 0 Å². The van der Waals surface area contributed by atoms with E-state index in [9.17, 15) is 9.59 Å². The monoisotopic (exact) mass is 287 g/mol.